The lowest BCUT2D eigenvalue weighted by atomic mass is 10.1. The van der Waals surface area contributed by atoms with E-state index in [1.165, 1.54) is 5.56 Å². The van der Waals surface area contributed by atoms with E-state index in [1.807, 2.05) is 31.2 Å². The molecule has 104 valence electrons. The maximum atomic E-state index is 11.6. The van der Waals surface area contributed by atoms with Crippen molar-refractivity contribution < 1.29 is 4.79 Å². The molecule has 0 heterocycles. The third kappa shape index (κ3) is 3.09. The molecule has 0 aliphatic carbocycles. The summed E-state index contributed by atoms with van der Waals surface area (Å²) in [6.45, 7) is 3.55. The summed E-state index contributed by atoms with van der Waals surface area (Å²) in [5, 5.41) is 0. The highest BCUT2D eigenvalue weighted by molar-refractivity contribution is 5.99. The van der Waals surface area contributed by atoms with E-state index in [1.54, 1.807) is 12.1 Å². The molecule has 2 rings (SSSR count). The molecule has 0 aliphatic rings. The summed E-state index contributed by atoms with van der Waals surface area (Å²) in [5.74, 6) is -0.459. The van der Waals surface area contributed by atoms with E-state index >= 15 is 0 Å². The molecule has 4 nitrogen and oxygen atoms in total. The van der Waals surface area contributed by atoms with Crippen molar-refractivity contribution in [1.29, 1.82) is 0 Å². The highest BCUT2D eigenvalue weighted by atomic mass is 16.1. The van der Waals surface area contributed by atoms with Gasteiger partial charge in [-0.25, -0.2) is 0 Å². The Morgan fingerprint density at radius 1 is 1.15 bits per heavy atom. The molecule has 0 saturated heterocycles. The normalized spacial score (nSPS) is 10.2. The molecule has 20 heavy (non-hydrogen) atoms. The number of primary amides is 1. The van der Waals surface area contributed by atoms with Crippen LogP contribution >= 0.6 is 0 Å². The van der Waals surface area contributed by atoms with Crippen LogP contribution in [0.3, 0.4) is 0 Å². The summed E-state index contributed by atoms with van der Waals surface area (Å²) < 4.78 is 0. The zero-order valence-electron chi connectivity index (χ0n) is 11.5. The zero-order chi connectivity index (χ0) is 14.5. The number of nitrogens with zero attached hydrogens (tertiary/aromatic N) is 1. The number of rotatable bonds is 5. The van der Waals surface area contributed by atoms with Crippen LogP contribution in [0.15, 0.2) is 48.5 Å². The van der Waals surface area contributed by atoms with E-state index in [2.05, 4.69) is 17.0 Å². The van der Waals surface area contributed by atoms with E-state index in [0.29, 0.717) is 11.3 Å². The number of hydrogen-bond donors (Lipinski definition) is 2. The molecule has 4 heteroatoms. The molecule has 0 saturated carbocycles. The summed E-state index contributed by atoms with van der Waals surface area (Å²) in [4.78, 5) is 13.7. The highest BCUT2D eigenvalue weighted by Crippen LogP contribution is 2.24. The number of nitrogens with two attached hydrogens (primary N) is 2. The van der Waals surface area contributed by atoms with Crippen LogP contribution in [-0.2, 0) is 6.54 Å². The van der Waals surface area contributed by atoms with Gasteiger partial charge in [-0.2, -0.15) is 0 Å². The van der Waals surface area contributed by atoms with Gasteiger partial charge in [0, 0.05) is 24.5 Å². The molecule has 0 fully saturated rings. The first-order valence-corrected chi connectivity index (χ1v) is 6.60. The topological polar surface area (TPSA) is 72.3 Å². The van der Waals surface area contributed by atoms with E-state index in [9.17, 15) is 4.79 Å². The van der Waals surface area contributed by atoms with Crippen molar-refractivity contribution in [3.05, 3.63) is 59.7 Å². The number of carbonyl (C=O) groups excluding carboxylic acids is 1. The van der Waals surface area contributed by atoms with Crippen molar-refractivity contribution in [3.8, 4) is 0 Å². The maximum absolute atomic E-state index is 11.6. The second-order valence-corrected chi connectivity index (χ2v) is 4.64. The molecular weight excluding hydrogens is 250 g/mol. The zero-order valence-corrected chi connectivity index (χ0v) is 11.5. The lowest BCUT2D eigenvalue weighted by Gasteiger charge is -2.25. The number of anilines is 2. The Morgan fingerprint density at radius 2 is 1.85 bits per heavy atom. The van der Waals surface area contributed by atoms with Gasteiger partial charge in [0.15, 0.2) is 0 Å². The first kappa shape index (κ1) is 13.9. The predicted octanol–water partition coefficient (Wildman–Crippen LogP) is 2.39. The van der Waals surface area contributed by atoms with E-state index in [4.69, 9.17) is 11.5 Å². The largest absolute Gasteiger partial charge is 0.399 e. The number of carbonyl (C=O) groups is 1. The van der Waals surface area contributed by atoms with Crippen LogP contribution < -0.4 is 16.4 Å². The van der Waals surface area contributed by atoms with Crippen molar-refractivity contribution in [1.82, 2.24) is 0 Å². The Labute approximate surface area is 119 Å². The first-order valence-electron chi connectivity index (χ1n) is 6.60. The fraction of sp³-hybridized carbons (Fsp3) is 0.188. The van der Waals surface area contributed by atoms with Crippen LogP contribution in [-0.4, -0.2) is 12.5 Å². The summed E-state index contributed by atoms with van der Waals surface area (Å²) in [6, 6.07) is 15.4. The van der Waals surface area contributed by atoms with Gasteiger partial charge >= 0.3 is 0 Å². The second kappa shape index (κ2) is 6.10. The highest BCUT2D eigenvalue weighted by Gasteiger charge is 2.14. The SMILES string of the molecule is CCN(Cc1ccccc1)c1ccc(N)cc1C(N)=O. The molecular formula is C16H19N3O. The summed E-state index contributed by atoms with van der Waals surface area (Å²) in [6.07, 6.45) is 0. The molecule has 1 amide bonds. The van der Waals surface area contributed by atoms with E-state index in [-0.39, 0.29) is 0 Å². The van der Waals surface area contributed by atoms with Gasteiger partial charge in [0.05, 0.1) is 5.56 Å². The van der Waals surface area contributed by atoms with Gasteiger partial charge in [-0.3, -0.25) is 4.79 Å². The number of benzene rings is 2. The van der Waals surface area contributed by atoms with Crippen molar-refractivity contribution in [2.45, 2.75) is 13.5 Å². The minimum Gasteiger partial charge on any atom is -0.399 e. The van der Waals surface area contributed by atoms with Crippen LogP contribution in [0.2, 0.25) is 0 Å². The molecule has 0 aromatic heterocycles. The Balaban J connectivity index is 2.34. The van der Waals surface area contributed by atoms with Gasteiger partial charge in [-0.1, -0.05) is 30.3 Å². The Kier molecular flexibility index (Phi) is 4.25. The average molecular weight is 269 g/mol. The summed E-state index contributed by atoms with van der Waals surface area (Å²) in [7, 11) is 0. The molecule has 0 unspecified atom stereocenters. The molecule has 4 N–H and O–H groups in total. The van der Waals surface area contributed by atoms with Gasteiger partial charge in [0.1, 0.15) is 0 Å². The first-order chi connectivity index (χ1) is 9.61. The lowest BCUT2D eigenvalue weighted by Crippen LogP contribution is -2.26. The van der Waals surface area contributed by atoms with Gasteiger partial charge in [-0.05, 0) is 30.7 Å². The Bertz CT molecular complexity index is 596. The molecule has 2 aromatic carbocycles. The van der Waals surface area contributed by atoms with Crippen molar-refractivity contribution in [3.63, 3.8) is 0 Å². The molecule has 0 aliphatic heterocycles. The third-order valence-electron chi connectivity index (χ3n) is 3.22. The molecule has 0 bridgehead atoms. The van der Waals surface area contributed by atoms with Gasteiger partial charge < -0.3 is 16.4 Å². The van der Waals surface area contributed by atoms with Crippen molar-refractivity contribution >= 4 is 17.3 Å². The van der Waals surface area contributed by atoms with Crippen LogP contribution in [0.1, 0.15) is 22.8 Å². The molecule has 0 atom stereocenters. The fourth-order valence-corrected chi connectivity index (χ4v) is 2.20. The van der Waals surface area contributed by atoms with Crippen molar-refractivity contribution in [2.75, 3.05) is 17.2 Å². The maximum Gasteiger partial charge on any atom is 0.250 e. The smallest absolute Gasteiger partial charge is 0.250 e. The van der Waals surface area contributed by atoms with Crippen LogP contribution in [0.5, 0.6) is 0 Å². The number of hydrogen-bond acceptors (Lipinski definition) is 3. The molecule has 0 radical (unpaired) electrons. The van der Waals surface area contributed by atoms with Gasteiger partial charge in [0.2, 0.25) is 0 Å². The number of amides is 1. The van der Waals surface area contributed by atoms with Crippen LogP contribution in [0.25, 0.3) is 0 Å². The van der Waals surface area contributed by atoms with Crippen LogP contribution in [0, 0.1) is 0 Å². The minimum atomic E-state index is -0.459. The standard InChI is InChI=1S/C16H19N3O/c1-2-19(11-12-6-4-3-5-7-12)15-9-8-13(17)10-14(15)16(18)20/h3-10H,2,11,17H2,1H3,(H2,18,20). The minimum absolute atomic E-state index is 0.459. The number of nitrogen functional groups attached to an aromatic ring is 1. The monoisotopic (exact) mass is 269 g/mol. The molecule has 0 spiro atoms. The fourth-order valence-electron chi connectivity index (χ4n) is 2.20. The van der Waals surface area contributed by atoms with Gasteiger partial charge in [-0.15, -0.1) is 0 Å². The average Bonchev–Trinajstić information content (AvgIpc) is 2.46. The van der Waals surface area contributed by atoms with E-state index in [0.717, 1.165) is 18.8 Å². The van der Waals surface area contributed by atoms with E-state index < -0.39 is 5.91 Å². The van der Waals surface area contributed by atoms with Crippen LogP contribution in [0.4, 0.5) is 11.4 Å². The predicted molar refractivity (Wildman–Crippen MR) is 82.5 cm³/mol. The lowest BCUT2D eigenvalue weighted by molar-refractivity contribution is 0.100. The Hall–Kier alpha value is -2.49. The summed E-state index contributed by atoms with van der Waals surface area (Å²) >= 11 is 0. The third-order valence-corrected chi connectivity index (χ3v) is 3.22. The van der Waals surface area contributed by atoms with Crippen molar-refractivity contribution in [2.24, 2.45) is 5.73 Å². The summed E-state index contributed by atoms with van der Waals surface area (Å²) in [5.41, 5.74) is 14.2. The second-order valence-electron chi connectivity index (χ2n) is 4.64. The quantitative estimate of drug-likeness (QED) is 0.819. The van der Waals surface area contributed by atoms with Gasteiger partial charge in [0.25, 0.3) is 5.91 Å². The Morgan fingerprint density at radius 3 is 2.45 bits per heavy atom. The molecule has 2 aromatic rings.